The maximum Gasteiger partial charge on any atom is 0.241 e. The van der Waals surface area contributed by atoms with Crippen LogP contribution in [0.2, 0.25) is 0 Å². The molecule has 0 amide bonds. The maximum atomic E-state index is 12.2. The van der Waals surface area contributed by atoms with Gasteiger partial charge in [0.15, 0.2) is 0 Å². The van der Waals surface area contributed by atoms with Crippen molar-refractivity contribution in [3.8, 4) is 0 Å². The number of aliphatic hydroxyl groups excluding tert-OH is 1. The normalized spacial score (nSPS) is 15.4. The van der Waals surface area contributed by atoms with Crippen LogP contribution in [0.5, 0.6) is 0 Å². The van der Waals surface area contributed by atoms with E-state index in [1.807, 2.05) is 13.0 Å². The van der Waals surface area contributed by atoms with E-state index in [1.54, 1.807) is 32.9 Å². The van der Waals surface area contributed by atoms with E-state index in [9.17, 15) is 13.5 Å². The third-order valence-corrected chi connectivity index (χ3v) is 4.42. The summed E-state index contributed by atoms with van der Waals surface area (Å²) in [4.78, 5) is 0.306. The van der Waals surface area contributed by atoms with Crippen LogP contribution in [-0.4, -0.2) is 25.7 Å². The first-order valence-corrected chi connectivity index (χ1v) is 7.48. The fourth-order valence-corrected chi connectivity index (χ4v) is 3.47. The van der Waals surface area contributed by atoms with Crippen molar-refractivity contribution in [2.24, 2.45) is 0 Å². The minimum absolute atomic E-state index is 0.296. The third kappa shape index (κ3) is 4.08. The predicted octanol–water partition coefficient (Wildman–Crippen LogP) is 1.74. The van der Waals surface area contributed by atoms with Crippen molar-refractivity contribution in [1.29, 1.82) is 0 Å². The quantitative estimate of drug-likeness (QED) is 0.857. The summed E-state index contributed by atoms with van der Waals surface area (Å²) in [7, 11) is -3.52. The van der Waals surface area contributed by atoms with Crippen molar-refractivity contribution in [3.63, 3.8) is 0 Å². The Labute approximate surface area is 109 Å². The van der Waals surface area contributed by atoms with Gasteiger partial charge in [-0.15, -0.1) is 0 Å². The molecule has 18 heavy (non-hydrogen) atoms. The van der Waals surface area contributed by atoms with Crippen molar-refractivity contribution in [2.75, 3.05) is 0 Å². The highest BCUT2D eigenvalue weighted by Gasteiger charge is 2.20. The van der Waals surface area contributed by atoms with Gasteiger partial charge >= 0.3 is 0 Å². The lowest BCUT2D eigenvalue weighted by molar-refractivity contribution is 0.175. The highest BCUT2D eigenvalue weighted by atomic mass is 32.2. The second kappa shape index (κ2) is 5.82. The first-order valence-electron chi connectivity index (χ1n) is 6.00. The molecule has 0 aliphatic heterocycles. The average molecular weight is 271 g/mol. The second-order valence-electron chi connectivity index (χ2n) is 4.88. The number of aliphatic hydroxyl groups is 1. The van der Waals surface area contributed by atoms with Crippen molar-refractivity contribution >= 4 is 10.0 Å². The summed E-state index contributed by atoms with van der Waals surface area (Å²) in [6, 6.07) is 5.04. The van der Waals surface area contributed by atoms with Crippen LogP contribution in [0.1, 0.15) is 31.4 Å². The van der Waals surface area contributed by atoms with E-state index in [1.165, 1.54) is 0 Å². The summed E-state index contributed by atoms with van der Waals surface area (Å²) in [5, 5.41) is 9.25. The van der Waals surface area contributed by atoms with Crippen molar-refractivity contribution in [2.45, 2.75) is 51.2 Å². The summed E-state index contributed by atoms with van der Waals surface area (Å²) in [5.74, 6) is 0. The van der Waals surface area contributed by atoms with E-state index in [0.717, 1.165) is 11.1 Å². The highest BCUT2D eigenvalue weighted by Crippen LogP contribution is 2.17. The molecule has 2 unspecified atom stereocenters. The minimum Gasteiger partial charge on any atom is -0.393 e. The van der Waals surface area contributed by atoms with E-state index < -0.39 is 16.1 Å². The molecule has 0 aromatic heterocycles. The lowest BCUT2D eigenvalue weighted by Crippen LogP contribution is -2.35. The Bertz CT molecular complexity index is 509. The van der Waals surface area contributed by atoms with Crippen LogP contribution in [0, 0.1) is 13.8 Å². The maximum absolute atomic E-state index is 12.2. The Morgan fingerprint density at radius 1 is 1.28 bits per heavy atom. The Balaban J connectivity index is 2.96. The molecule has 4 nitrogen and oxygen atoms in total. The number of rotatable bonds is 5. The van der Waals surface area contributed by atoms with Gasteiger partial charge in [0.1, 0.15) is 0 Å². The van der Waals surface area contributed by atoms with Gasteiger partial charge in [-0.05, 0) is 51.3 Å². The van der Waals surface area contributed by atoms with E-state index in [4.69, 9.17) is 0 Å². The van der Waals surface area contributed by atoms with Crippen LogP contribution in [0.15, 0.2) is 23.1 Å². The monoisotopic (exact) mass is 271 g/mol. The van der Waals surface area contributed by atoms with Gasteiger partial charge in [0, 0.05) is 6.04 Å². The molecule has 5 heteroatoms. The molecule has 102 valence electrons. The summed E-state index contributed by atoms with van der Waals surface area (Å²) in [5.41, 5.74) is 1.63. The van der Waals surface area contributed by atoms with Crippen LogP contribution in [-0.2, 0) is 10.0 Å². The van der Waals surface area contributed by atoms with E-state index in [2.05, 4.69) is 4.72 Å². The zero-order valence-corrected chi connectivity index (χ0v) is 12.1. The Hall–Kier alpha value is -0.910. The van der Waals surface area contributed by atoms with Crippen LogP contribution in [0.4, 0.5) is 0 Å². The number of benzene rings is 1. The fraction of sp³-hybridized carbons (Fsp3) is 0.538. The van der Waals surface area contributed by atoms with Gasteiger partial charge in [0.25, 0.3) is 0 Å². The molecule has 1 rings (SSSR count). The van der Waals surface area contributed by atoms with Gasteiger partial charge in [-0.3, -0.25) is 0 Å². The molecule has 2 N–H and O–H groups in total. The van der Waals surface area contributed by atoms with Crippen molar-refractivity contribution in [3.05, 3.63) is 29.3 Å². The van der Waals surface area contributed by atoms with E-state index in [0.29, 0.717) is 11.3 Å². The molecule has 0 fully saturated rings. The number of aryl methyl sites for hydroxylation is 2. The molecule has 0 aliphatic rings. The molecule has 1 aromatic rings. The van der Waals surface area contributed by atoms with Gasteiger partial charge in [-0.1, -0.05) is 12.1 Å². The Morgan fingerprint density at radius 2 is 1.89 bits per heavy atom. The van der Waals surface area contributed by atoms with Crippen LogP contribution in [0.3, 0.4) is 0 Å². The van der Waals surface area contributed by atoms with Crippen LogP contribution in [0.25, 0.3) is 0 Å². The average Bonchev–Trinajstić information content (AvgIpc) is 2.19. The Kier molecular flexibility index (Phi) is 4.90. The van der Waals surface area contributed by atoms with Crippen molar-refractivity contribution < 1.29 is 13.5 Å². The van der Waals surface area contributed by atoms with Gasteiger partial charge < -0.3 is 5.11 Å². The summed E-state index contributed by atoms with van der Waals surface area (Å²) in [6.07, 6.45) is -0.134. The Morgan fingerprint density at radius 3 is 2.44 bits per heavy atom. The molecular formula is C13H21NO3S. The van der Waals surface area contributed by atoms with E-state index >= 15 is 0 Å². The van der Waals surface area contributed by atoms with Gasteiger partial charge in [0.05, 0.1) is 11.0 Å². The molecule has 0 heterocycles. The lowest BCUT2D eigenvalue weighted by atomic mass is 10.2. The third-order valence-electron chi connectivity index (χ3n) is 2.68. The SMILES string of the molecule is Cc1ccc(C)c(S(=O)(=O)NC(C)CC(C)O)c1. The first-order chi connectivity index (χ1) is 8.22. The van der Waals surface area contributed by atoms with Crippen LogP contribution < -0.4 is 4.72 Å². The predicted molar refractivity (Wildman–Crippen MR) is 72.0 cm³/mol. The molecule has 0 spiro atoms. The van der Waals surface area contributed by atoms with E-state index in [-0.39, 0.29) is 6.04 Å². The van der Waals surface area contributed by atoms with Gasteiger partial charge in [-0.25, -0.2) is 13.1 Å². The topological polar surface area (TPSA) is 66.4 Å². The highest BCUT2D eigenvalue weighted by molar-refractivity contribution is 7.89. The first kappa shape index (κ1) is 15.1. The molecule has 0 saturated carbocycles. The molecule has 1 aromatic carbocycles. The number of nitrogens with one attached hydrogen (secondary N) is 1. The smallest absolute Gasteiger partial charge is 0.241 e. The molecule has 0 radical (unpaired) electrons. The minimum atomic E-state index is -3.52. The zero-order chi connectivity index (χ0) is 13.9. The number of hydrogen-bond acceptors (Lipinski definition) is 3. The molecule has 0 bridgehead atoms. The van der Waals surface area contributed by atoms with Gasteiger partial charge in [-0.2, -0.15) is 0 Å². The molecule has 2 atom stereocenters. The summed E-state index contributed by atoms with van der Waals surface area (Å²) >= 11 is 0. The number of sulfonamides is 1. The molecule has 0 aliphatic carbocycles. The number of hydrogen-bond donors (Lipinski definition) is 2. The molecular weight excluding hydrogens is 250 g/mol. The summed E-state index contributed by atoms with van der Waals surface area (Å²) < 4.78 is 27.0. The molecule has 0 saturated heterocycles. The zero-order valence-electron chi connectivity index (χ0n) is 11.3. The van der Waals surface area contributed by atoms with Gasteiger partial charge in [0.2, 0.25) is 10.0 Å². The van der Waals surface area contributed by atoms with Crippen LogP contribution >= 0.6 is 0 Å². The van der Waals surface area contributed by atoms with Crippen molar-refractivity contribution in [1.82, 2.24) is 4.72 Å². The standard InChI is InChI=1S/C13H21NO3S/c1-9-5-6-10(2)13(7-9)18(16,17)14-11(3)8-12(4)15/h5-7,11-12,14-15H,8H2,1-4H3. The largest absolute Gasteiger partial charge is 0.393 e. The summed E-state index contributed by atoms with van der Waals surface area (Å²) in [6.45, 7) is 7.02. The fourth-order valence-electron chi connectivity index (χ4n) is 1.88. The second-order valence-corrected chi connectivity index (χ2v) is 6.56. The lowest BCUT2D eigenvalue weighted by Gasteiger charge is -2.17.